The maximum atomic E-state index is 5.12. The third kappa shape index (κ3) is 4.84. The number of ether oxygens (including phenoxy) is 1. The first-order valence-corrected chi connectivity index (χ1v) is 6.08. The Hall–Kier alpha value is -2.29. The molecule has 0 N–H and O–H groups in total. The number of hydrazone groups is 1. The fourth-order valence-electron chi connectivity index (χ4n) is 1.49. The van der Waals surface area contributed by atoms with Crippen molar-refractivity contribution < 1.29 is 4.74 Å². The summed E-state index contributed by atoms with van der Waals surface area (Å²) in [5, 5.41) is 6.19. The normalized spacial score (nSPS) is 12.1. The van der Waals surface area contributed by atoms with Crippen molar-refractivity contribution in [3.8, 4) is 5.75 Å². The first-order chi connectivity index (χ1) is 9.21. The van der Waals surface area contributed by atoms with Gasteiger partial charge in [-0.05, 0) is 36.8 Å². The molecule has 0 heterocycles. The first kappa shape index (κ1) is 14.8. The quantitative estimate of drug-likeness (QED) is 0.439. The molecule has 0 saturated carbocycles. The summed E-state index contributed by atoms with van der Waals surface area (Å²) >= 11 is 0. The predicted octanol–water partition coefficient (Wildman–Crippen LogP) is 3.81. The molecule has 0 unspecified atom stereocenters. The highest BCUT2D eigenvalue weighted by Gasteiger charge is 1.98. The van der Waals surface area contributed by atoms with Crippen molar-refractivity contribution in [1.29, 1.82) is 0 Å². The summed E-state index contributed by atoms with van der Waals surface area (Å²) in [4.78, 5) is 0. The van der Waals surface area contributed by atoms with Gasteiger partial charge in [-0.15, -0.1) is 0 Å². The molecule has 0 radical (unpaired) electrons. The highest BCUT2D eigenvalue weighted by Crippen LogP contribution is 2.18. The van der Waals surface area contributed by atoms with Crippen LogP contribution in [0.3, 0.4) is 0 Å². The minimum atomic E-state index is 0.835. The van der Waals surface area contributed by atoms with Gasteiger partial charge in [0.25, 0.3) is 0 Å². The van der Waals surface area contributed by atoms with Crippen LogP contribution in [-0.2, 0) is 0 Å². The summed E-state index contributed by atoms with van der Waals surface area (Å²) < 4.78 is 5.12. The van der Waals surface area contributed by atoms with E-state index in [-0.39, 0.29) is 0 Å². The molecule has 0 spiro atoms. The zero-order valence-electron chi connectivity index (χ0n) is 11.7. The monoisotopic (exact) mass is 256 g/mol. The van der Waals surface area contributed by atoms with Crippen LogP contribution in [0.25, 0.3) is 0 Å². The first-order valence-electron chi connectivity index (χ1n) is 6.08. The molecule has 0 amide bonds. The summed E-state index contributed by atoms with van der Waals surface area (Å²) in [5.41, 5.74) is 1.99. The van der Waals surface area contributed by atoms with Gasteiger partial charge in [-0.2, -0.15) is 5.10 Å². The van der Waals surface area contributed by atoms with E-state index in [1.165, 1.54) is 0 Å². The van der Waals surface area contributed by atoms with Gasteiger partial charge in [0, 0.05) is 7.05 Å². The molecule has 0 atom stereocenters. The molecule has 1 rings (SSSR count). The van der Waals surface area contributed by atoms with Crippen LogP contribution in [0, 0.1) is 0 Å². The maximum Gasteiger partial charge on any atom is 0.119 e. The van der Waals surface area contributed by atoms with Crippen LogP contribution in [-0.4, -0.2) is 20.4 Å². The zero-order chi connectivity index (χ0) is 14.1. The lowest BCUT2D eigenvalue weighted by Crippen LogP contribution is -2.08. The van der Waals surface area contributed by atoms with Crippen LogP contribution >= 0.6 is 0 Å². The van der Waals surface area contributed by atoms with Crippen molar-refractivity contribution in [2.45, 2.75) is 6.92 Å². The van der Waals surface area contributed by atoms with E-state index in [0.29, 0.717) is 0 Å². The largest absolute Gasteiger partial charge is 0.497 e. The second kappa shape index (κ2) is 7.93. The number of hydrogen-bond donors (Lipinski definition) is 0. The zero-order valence-corrected chi connectivity index (χ0v) is 11.7. The minimum absolute atomic E-state index is 0.835. The molecule has 19 heavy (non-hydrogen) atoms. The number of methoxy groups -OCH3 is 1. The van der Waals surface area contributed by atoms with Crippen molar-refractivity contribution in [2.24, 2.45) is 5.10 Å². The Morgan fingerprint density at radius 1 is 1.32 bits per heavy atom. The Bertz CT molecular complexity index is 484. The highest BCUT2D eigenvalue weighted by molar-refractivity contribution is 5.83. The summed E-state index contributed by atoms with van der Waals surface area (Å²) in [5.74, 6) is 0.835. The van der Waals surface area contributed by atoms with Crippen molar-refractivity contribution in [3.05, 3.63) is 60.7 Å². The van der Waals surface area contributed by atoms with Gasteiger partial charge in [0.05, 0.1) is 19.0 Å². The average molecular weight is 256 g/mol. The van der Waals surface area contributed by atoms with Gasteiger partial charge >= 0.3 is 0 Å². The third-order valence-corrected chi connectivity index (χ3v) is 2.50. The van der Waals surface area contributed by atoms with Gasteiger partial charge in [0.2, 0.25) is 0 Å². The van der Waals surface area contributed by atoms with E-state index in [0.717, 1.165) is 17.0 Å². The molecule has 0 aliphatic carbocycles. The molecular weight excluding hydrogens is 236 g/mol. The fourth-order valence-corrected chi connectivity index (χ4v) is 1.49. The molecule has 0 bridgehead atoms. The van der Waals surface area contributed by atoms with E-state index in [1.807, 2.05) is 56.5 Å². The molecule has 100 valence electrons. The molecule has 3 heteroatoms. The molecule has 0 saturated heterocycles. The Labute approximate surface area is 115 Å². The number of nitrogens with zero attached hydrogens (tertiary/aromatic N) is 2. The number of anilines is 1. The van der Waals surface area contributed by atoms with Crippen molar-refractivity contribution in [3.63, 3.8) is 0 Å². The van der Waals surface area contributed by atoms with Crippen LogP contribution in [0.2, 0.25) is 0 Å². The SMILES string of the molecule is C=C/C=C(\C=C/C)/C=N/N(C)c1ccc(OC)cc1. The van der Waals surface area contributed by atoms with Crippen molar-refractivity contribution in [2.75, 3.05) is 19.2 Å². The van der Waals surface area contributed by atoms with Crippen LogP contribution in [0.15, 0.2) is 65.8 Å². The molecule has 0 fully saturated rings. The van der Waals surface area contributed by atoms with Crippen molar-refractivity contribution in [1.82, 2.24) is 0 Å². The second-order valence-electron chi connectivity index (χ2n) is 3.87. The number of benzene rings is 1. The van der Waals surface area contributed by atoms with Crippen molar-refractivity contribution >= 4 is 11.9 Å². The molecule has 1 aromatic rings. The lowest BCUT2D eigenvalue weighted by molar-refractivity contribution is 0.415. The topological polar surface area (TPSA) is 24.8 Å². The van der Waals surface area contributed by atoms with Crippen LogP contribution in [0.4, 0.5) is 5.69 Å². The number of rotatable bonds is 6. The maximum absolute atomic E-state index is 5.12. The van der Waals surface area contributed by atoms with Gasteiger partial charge in [0.15, 0.2) is 0 Å². The molecule has 3 nitrogen and oxygen atoms in total. The van der Waals surface area contributed by atoms with Crippen LogP contribution in [0.1, 0.15) is 6.92 Å². The average Bonchev–Trinajstić information content (AvgIpc) is 2.45. The standard InChI is InChI=1S/C16H20N2O/c1-5-7-14(8-6-2)13-17-18(3)15-9-11-16(19-4)12-10-15/h5-13H,1H2,2-4H3/b8-6-,14-7+,17-13+. The molecule has 0 aromatic heterocycles. The molecule has 1 aromatic carbocycles. The van der Waals surface area contributed by atoms with E-state index in [4.69, 9.17) is 4.74 Å². The van der Waals surface area contributed by atoms with E-state index in [2.05, 4.69) is 11.7 Å². The predicted molar refractivity (Wildman–Crippen MR) is 83.0 cm³/mol. The van der Waals surface area contributed by atoms with E-state index in [9.17, 15) is 0 Å². The number of allylic oxidation sites excluding steroid dienone is 5. The summed E-state index contributed by atoms with van der Waals surface area (Å²) in [6, 6.07) is 7.74. The summed E-state index contributed by atoms with van der Waals surface area (Å²) in [6.45, 7) is 5.66. The summed E-state index contributed by atoms with van der Waals surface area (Å²) in [7, 11) is 3.56. The van der Waals surface area contributed by atoms with Gasteiger partial charge in [-0.25, -0.2) is 0 Å². The Balaban J connectivity index is 2.79. The lowest BCUT2D eigenvalue weighted by Gasteiger charge is -2.13. The Kier molecular flexibility index (Phi) is 6.16. The lowest BCUT2D eigenvalue weighted by atomic mass is 10.2. The Morgan fingerprint density at radius 3 is 2.53 bits per heavy atom. The highest BCUT2D eigenvalue weighted by atomic mass is 16.5. The van der Waals surface area contributed by atoms with Crippen LogP contribution < -0.4 is 9.75 Å². The number of hydrogen-bond acceptors (Lipinski definition) is 3. The third-order valence-electron chi connectivity index (χ3n) is 2.50. The molecule has 0 aliphatic rings. The second-order valence-corrected chi connectivity index (χ2v) is 3.87. The van der Waals surface area contributed by atoms with Crippen LogP contribution in [0.5, 0.6) is 5.75 Å². The smallest absolute Gasteiger partial charge is 0.119 e. The van der Waals surface area contributed by atoms with E-state index in [1.54, 1.807) is 24.4 Å². The molecular formula is C16H20N2O. The minimum Gasteiger partial charge on any atom is -0.497 e. The molecule has 0 aliphatic heterocycles. The van der Waals surface area contributed by atoms with Gasteiger partial charge in [-0.1, -0.05) is 30.9 Å². The van der Waals surface area contributed by atoms with Gasteiger partial charge < -0.3 is 4.74 Å². The van der Waals surface area contributed by atoms with Gasteiger partial charge in [0.1, 0.15) is 5.75 Å². The summed E-state index contributed by atoms with van der Waals surface area (Å²) in [6.07, 6.45) is 9.40. The van der Waals surface area contributed by atoms with E-state index >= 15 is 0 Å². The van der Waals surface area contributed by atoms with E-state index < -0.39 is 0 Å². The fraction of sp³-hybridized carbons (Fsp3) is 0.188. The van der Waals surface area contributed by atoms with Gasteiger partial charge in [-0.3, -0.25) is 5.01 Å². The Morgan fingerprint density at radius 2 is 2.00 bits per heavy atom.